The Labute approximate surface area is 140 Å². The molecule has 1 saturated heterocycles. The van der Waals surface area contributed by atoms with Crippen molar-refractivity contribution in [3.63, 3.8) is 0 Å². The second kappa shape index (κ2) is 7.44. The van der Waals surface area contributed by atoms with E-state index in [1.807, 2.05) is 7.05 Å². The minimum absolute atomic E-state index is 0. The molecule has 0 spiro atoms. The largest absolute Gasteiger partial charge is 0.317 e. The number of nitrogens with zero attached hydrogens (tertiary/aromatic N) is 1. The van der Waals surface area contributed by atoms with Crippen LogP contribution in [0.1, 0.15) is 12.8 Å². The highest BCUT2D eigenvalue weighted by Gasteiger charge is 2.31. The van der Waals surface area contributed by atoms with E-state index in [1.54, 1.807) is 0 Å². The van der Waals surface area contributed by atoms with Gasteiger partial charge in [-0.1, -0.05) is 23.2 Å². The zero-order valence-electron chi connectivity index (χ0n) is 11.3. The Morgan fingerprint density at radius 1 is 1.29 bits per heavy atom. The van der Waals surface area contributed by atoms with Crippen LogP contribution in [0.5, 0.6) is 0 Å². The van der Waals surface area contributed by atoms with Crippen LogP contribution in [-0.4, -0.2) is 38.9 Å². The molecule has 0 radical (unpaired) electrons. The van der Waals surface area contributed by atoms with Gasteiger partial charge in [0, 0.05) is 19.1 Å². The molecule has 1 aliphatic rings. The minimum Gasteiger partial charge on any atom is -0.317 e. The average molecular weight is 378 g/mol. The first-order valence-electron chi connectivity index (χ1n) is 6.19. The molecular formula is C12H16Cl3FN2O2S. The molecule has 2 rings (SSSR count). The fraction of sp³-hybridized carbons (Fsp3) is 0.500. The fourth-order valence-corrected chi connectivity index (χ4v) is 4.42. The maximum atomic E-state index is 13.6. The summed E-state index contributed by atoms with van der Waals surface area (Å²) in [5.41, 5.74) is 0. The Morgan fingerprint density at radius 2 is 1.86 bits per heavy atom. The Balaban J connectivity index is 0.00000220. The fourth-order valence-electron chi connectivity index (χ4n) is 2.23. The van der Waals surface area contributed by atoms with Gasteiger partial charge in [-0.15, -0.1) is 12.4 Å². The first kappa shape index (κ1) is 18.9. The van der Waals surface area contributed by atoms with Crippen molar-refractivity contribution in [1.29, 1.82) is 0 Å². The molecule has 0 bridgehead atoms. The van der Waals surface area contributed by atoms with Crippen molar-refractivity contribution in [2.24, 2.45) is 0 Å². The Morgan fingerprint density at radius 3 is 2.38 bits per heavy atom. The first-order valence-corrected chi connectivity index (χ1v) is 8.38. The lowest BCUT2D eigenvalue weighted by Gasteiger charge is -2.31. The normalized spacial score (nSPS) is 17.5. The highest BCUT2D eigenvalue weighted by Crippen LogP contribution is 2.32. The summed E-state index contributed by atoms with van der Waals surface area (Å²) >= 11 is 11.4. The molecule has 0 amide bonds. The number of rotatable bonds is 3. The summed E-state index contributed by atoms with van der Waals surface area (Å²) < 4.78 is 39.9. The van der Waals surface area contributed by atoms with Gasteiger partial charge in [-0.25, -0.2) is 12.8 Å². The standard InChI is InChI=1S/C12H15Cl2FN2O2S.ClH/c1-16-8-4-6-17(7-5-8)20(18,19)10-3-2-9(13)12(15)11(10)14;/h2-3,8,16H,4-7H2,1H3;1H. The molecule has 0 aliphatic carbocycles. The summed E-state index contributed by atoms with van der Waals surface area (Å²) in [5.74, 6) is -0.903. The average Bonchev–Trinajstić information content (AvgIpc) is 2.44. The number of hydrogen-bond donors (Lipinski definition) is 1. The van der Waals surface area contributed by atoms with Crippen LogP contribution in [-0.2, 0) is 10.0 Å². The molecule has 21 heavy (non-hydrogen) atoms. The molecular weight excluding hydrogens is 362 g/mol. The molecule has 1 aromatic rings. The van der Waals surface area contributed by atoms with Crippen molar-refractivity contribution in [2.45, 2.75) is 23.8 Å². The van der Waals surface area contributed by atoms with Gasteiger partial charge in [0.2, 0.25) is 10.0 Å². The molecule has 120 valence electrons. The van der Waals surface area contributed by atoms with E-state index >= 15 is 0 Å². The maximum absolute atomic E-state index is 13.6. The van der Waals surface area contributed by atoms with Gasteiger partial charge < -0.3 is 5.32 Å². The number of piperidine rings is 1. The molecule has 9 heteroatoms. The molecule has 1 heterocycles. The highest BCUT2D eigenvalue weighted by molar-refractivity contribution is 7.89. The topological polar surface area (TPSA) is 49.4 Å². The van der Waals surface area contributed by atoms with Crippen LogP contribution in [0.25, 0.3) is 0 Å². The minimum atomic E-state index is -3.79. The number of sulfonamides is 1. The number of nitrogens with one attached hydrogen (secondary N) is 1. The number of benzene rings is 1. The van der Waals surface area contributed by atoms with Crippen LogP contribution >= 0.6 is 35.6 Å². The number of hydrogen-bond acceptors (Lipinski definition) is 3. The second-order valence-electron chi connectivity index (χ2n) is 4.64. The van der Waals surface area contributed by atoms with E-state index in [0.717, 1.165) is 0 Å². The monoisotopic (exact) mass is 376 g/mol. The predicted octanol–water partition coefficient (Wildman–Crippen LogP) is 2.93. The van der Waals surface area contributed by atoms with Crippen LogP contribution in [0.15, 0.2) is 17.0 Å². The summed E-state index contributed by atoms with van der Waals surface area (Å²) in [7, 11) is -1.94. The first-order chi connectivity index (χ1) is 9.37. The van der Waals surface area contributed by atoms with Crippen molar-refractivity contribution >= 4 is 45.6 Å². The molecule has 1 N–H and O–H groups in total. The third kappa shape index (κ3) is 3.81. The van der Waals surface area contributed by atoms with Gasteiger partial charge >= 0.3 is 0 Å². The van der Waals surface area contributed by atoms with Crippen molar-refractivity contribution in [1.82, 2.24) is 9.62 Å². The van der Waals surface area contributed by atoms with E-state index in [9.17, 15) is 12.8 Å². The summed E-state index contributed by atoms with van der Waals surface area (Å²) in [6.45, 7) is 0.767. The zero-order chi connectivity index (χ0) is 14.9. The molecule has 1 aromatic carbocycles. The smallest absolute Gasteiger partial charge is 0.244 e. The van der Waals surface area contributed by atoms with Gasteiger partial charge in [-0.3, -0.25) is 0 Å². The van der Waals surface area contributed by atoms with E-state index in [4.69, 9.17) is 23.2 Å². The van der Waals surface area contributed by atoms with Crippen LogP contribution in [0.2, 0.25) is 10.0 Å². The van der Waals surface area contributed by atoms with Gasteiger partial charge in [0.25, 0.3) is 0 Å². The third-order valence-corrected chi connectivity index (χ3v) is 6.19. The lowest BCUT2D eigenvalue weighted by atomic mass is 10.1. The predicted molar refractivity (Wildman–Crippen MR) is 84.5 cm³/mol. The van der Waals surface area contributed by atoms with Crippen molar-refractivity contribution in [3.8, 4) is 0 Å². The van der Waals surface area contributed by atoms with E-state index in [1.165, 1.54) is 16.4 Å². The second-order valence-corrected chi connectivity index (χ2v) is 7.33. The Hall–Kier alpha value is -0.110. The lowest BCUT2D eigenvalue weighted by Crippen LogP contribution is -2.43. The third-order valence-electron chi connectivity index (χ3n) is 3.48. The molecule has 1 fully saturated rings. The van der Waals surface area contributed by atoms with E-state index in [0.29, 0.717) is 32.0 Å². The quantitative estimate of drug-likeness (QED) is 0.824. The molecule has 0 aromatic heterocycles. The SMILES string of the molecule is CNC1CCN(S(=O)(=O)c2ccc(Cl)c(F)c2Cl)CC1.Cl. The van der Waals surface area contributed by atoms with Crippen LogP contribution in [0.4, 0.5) is 4.39 Å². The van der Waals surface area contributed by atoms with Crippen molar-refractivity contribution in [3.05, 3.63) is 28.0 Å². The maximum Gasteiger partial charge on any atom is 0.244 e. The lowest BCUT2D eigenvalue weighted by molar-refractivity contribution is 0.298. The zero-order valence-corrected chi connectivity index (χ0v) is 14.4. The number of halogens is 4. The summed E-state index contributed by atoms with van der Waals surface area (Å²) in [6, 6.07) is 2.75. The van der Waals surface area contributed by atoms with Crippen molar-refractivity contribution in [2.75, 3.05) is 20.1 Å². The molecule has 0 atom stereocenters. The van der Waals surface area contributed by atoms with Gasteiger partial charge in [0.15, 0.2) is 5.82 Å². The van der Waals surface area contributed by atoms with Gasteiger partial charge in [-0.05, 0) is 32.0 Å². The van der Waals surface area contributed by atoms with Crippen LogP contribution < -0.4 is 5.32 Å². The summed E-state index contributed by atoms with van der Waals surface area (Å²) in [6.07, 6.45) is 1.42. The molecule has 4 nitrogen and oxygen atoms in total. The summed E-state index contributed by atoms with van der Waals surface area (Å²) in [4.78, 5) is -0.232. The Kier molecular flexibility index (Phi) is 6.71. The highest BCUT2D eigenvalue weighted by atomic mass is 35.5. The summed E-state index contributed by atoms with van der Waals surface area (Å²) in [5, 5.41) is 2.48. The van der Waals surface area contributed by atoms with Crippen LogP contribution in [0.3, 0.4) is 0 Å². The molecule has 0 unspecified atom stereocenters. The van der Waals surface area contributed by atoms with Gasteiger partial charge in [-0.2, -0.15) is 4.31 Å². The van der Waals surface area contributed by atoms with Crippen molar-refractivity contribution < 1.29 is 12.8 Å². The van der Waals surface area contributed by atoms with E-state index in [2.05, 4.69) is 5.32 Å². The van der Waals surface area contributed by atoms with Gasteiger partial charge in [0.1, 0.15) is 4.90 Å². The van der Waals surface area contributed by atoms with E-state index in [-0.39, 0.29) is 22.3 Å². The van der Waals surface area contributed by atoms with Crippen LogP contribution in [0, 0.1) is 5.82 Å². The van der Waals surface area contributed by atoms with E-state index < -0.39 is 20.9 Å². The van der Waals surface area contributed by atoms with Gasteiger partial charge in [0.05, 0.1) is 10.0 Å². The molecule has 0 saturated carbocycles. The Bertz CT molecular complexity index is 605. The molecule has 1 aliphatic heterocycles.